The molecule has 1 aliphatic rings. The van der Waals surface area contributed by atoms with E-state index in [9.17, 15) is 9.18 Å². The first-order chi connectivity index (χ1) is 10.1. The lowest BCUT2D eigenvalue weighted by atomic mass is 9.85. The molecule has 0 radical (unpaired) electrons. The fourth-order valence-electron chi connectivity index (χ4n) is 2.98. The smallest absolute Gasteiger partial charge is 0.251 e. The zero-order valence-corrected chi connectivity index (χ0v) is 12.9. The number of piperidine rings is 1. The maximum Gasteiger partial charge on any atom is 0.251 e. The Kier molecular flexibility index (Phi) is 5.74. The molecular weight excluding hydrogens is 267 g/mol. The highest BCUT2D eigenvalue weighted by atomic mass is 19.1. The molecule has 0 saturated carbocycles. The van der Waals surface area contributed by atoms with E-state index in [0.29, 0.717) is 17.4 Å². The Morgan fingerprint density at radius 1 is 1.29 bits per heavy atom. The molecule has 3 nitrogen and oxygen atoms in total. The van der Waals surface area contributed by atoms with E-state index in [-0.39, 0.29) is 17.8 Å². The van der Waals surface area contributed by atoms with Gasteiger partial charge >= 0.3 is 0 Å². The van der Waals surface area contributed by atoms with Crippen LogP contribution in [0.4, 0.5) is 4.39 Å². The summed E-state index contributed by atoms with van der Waals surface area (Å²) in [4.78, 5) is 12.3. The summed E-state index contributed by atoms with van der Waals surface area (Å²) in [5.41, 5.74) is 0.527. The molecule has 21 heavy (non-hydrogen) atoms. The number of hydrogen-bond acceptors (Lipinski definition) is 2. The third-order valence-electron chi connectivity index (χ3n) is 4.10. The highest BCUT2D eigenvalue weighted by Gasteiger charge is 2.26. The van der Waals surface area contributed by atoms with E-state index in [4.69, 9.17) is 0 Å². The van der Waals surface area contributed by atoms with Crippen LogP contribution in [-0.4, -0.2) is 25.0 Å². The van der Waals surface area contributed by atoms with Crippen molar-refractivity contribution in [3.63, 3.8) is 0 Å². The molecule has 1 fully saturated rings. The molecule has 0 spiro atoms. The molecule has 116 valence electrons. The lowest BCUT2D eigenvalue weighted by molar-refractivity contribution is 0.0906. The number of nitrogens with one attached hydrogen (secondary N) is 2. The third kappa shape index (κ3) is 4.81. The average molecular weight is 292 g/mol. The molecule has 0 bridgehead atoms. The van der Waals surface area contributed by atoms with Crippen molar-refractivity contribution in [1.82, 2.24) is 10.6 Å². The van der Waals surface area contributed by atoms with Crippen LogP contribution in [0.15, 0.2) is 24.3 Å². The van der Waals surface area contributed by atoms with Gasteiger partial charge < -0.3 is 10.6 Å². The average Bonchev–Trinajstić information content (AvgIpc) is 2.47. The molecule has 0 aromatic heterocycles. The standard InChI is InChI=1S/C17H25FN2O/c1-12(2)11-16(13-7-9-19-10-8-13)20-17(21)14-3-5-15(18)6-4-14/h3-6,12-13,16,19H,7-11H2,1-2H3,(H,20,21)/t16-/m0/s1. The summed E-state index contributed by atoms with van der Waals surface area (Å²) in [5.74, 6) is 0.652. The van der Waals surface area contributed by atoms with Gasteiger partial charge in [-0.15, -0.1) is 0 Å². The van der Waals surface area contributed by atoms with E-state index in [0.717, 1.165) is 32.4 Å². The Labute approximate surface area is 126 Å². The van der Waals surface area contributed by atoms with Crippen molar-refractivity contribution in [1.29, 1.82) is 0 Å². The predicted molar refractivity (Wildman–Crippen MR) is 82.7 cm³/mol. The van der Waals surface area contributed by atoms with Gasteiger partial charge in [-0.05, 0) is 68.5 Å². The van der Waals surface area contributed by atoms with Crippen molar-refractivity contribution < 1.29 is 9.18 Å². The van der Waals surface area contributed by atoms with E-state index < -0.39 is 0 Å². The Bertz CT molecular complexity index is 452. The largest absolute Gasteiger partial charge is 0.349 e. The molecule has 1 aromatic carbocycles. The second-order valence-electron chi connectivity index (χ2n) is 6.30. The fourth-order valence-corrected chi connectivity index (χ4v) is 2.98. The number of benzene rings is 1. The van der Waals surface area contributed by atoms with Gasteiger partial charge in [-0.2, -0.15) is 0 Å². The van der Waals surface area contributed by atoms with Gasteiger partial charge in [-0.3, -0.25) is 4.79 Å². The maximum atomic E-state index is 12.9. The SMILES string of the molecule is CC(C)C[C@H](NC(=O)c1ccc(F)cc1)C1CCNCC1. The Morgan fingerprint density at radius 2 is 1.90 bits per heavy atom. The Morgan fingerprint density at radius 3 is 2.48 bits per heavy atom. The summed E-state index contributed by atoms with van der Waals surface area (Å²) in [6, 6.07) is 5.94. The lowest BCUT2D eigenvalue weighted by Crippen LogP contribution is -2.45. The minimum Gasteiger partial charge on any atom is -0.349 e. The van der Waals surface area contributed by atoms with Gasteiger partial charge in [0.05, 0.1) is 0 Å². The molecule has 0 unspecified atom stereocenters. The van der Waals surface area contributed by atoms with Gasteiger partial charge in [0.25, 0.3) is 5.91 Å². The summed E-state index contributed by atoms with van der Waals surface area (Å²) < 4.78 is 12.9. The van der Waals surface area contributed by atoms with Crippen molar-refractivity contribution in [3.8, 4) is 0 Å². The number of rotatable bonds is 5. The molecule has 1 aliphatic heterocycles. The van der Waals surface area contributed by atoms with Crippen molar-refractivity contribution in [2.24, 2.45) is 11.8 Å². The van der Waals surface area contributed by atoms with Crippen molar-refractivity contribution in [2.75, 3.05) is 13.1 Å². The molecule has 1 heterocycles. The highest BCUT2D eigenvalue weighted by Crippen LogP contribution is 2.22. The van der Waals surface area contributed by atoms with E-state index in [1.54, 1.807) is 12.1 Å². The first-order valence-corrected chi connectivity index (χ1v) is 7.83. The van der Waals surface area contributed by atoms with Crippen molar-refractivity contribution in [2.45, 2.75) is 39.2 Å². The summed E-state index contributed by atoms with van der Waals surface area (Å²) in [5, 5.41) is 6.52. The van der Waals surface area contributed by atoms with Gasteiger partial charge in [-0.25, -0.2) is 4.39 Å². The first-order valence-electron chi connectivity index (χ1n) is 7.83. The quantitative estimate of drug-likeness (QED) is 0.876. The molecule has 4 heteroatoms. The van der Waals surface area contributed by atoms with Gasteiger partial charge in [0.15, 0.2) is 0 Å². The van der Waals surface area contributed by atoms with Crippen LogP contribution in [-0.2, 0) is 0 Å². The molecule has 2 N–H and O–H groups in total. The Balaban J connectivity index is 2.02. The monoisotopic (exact) mass is 292 g/mol. The number of halogens is 1. The number of amides is 1. The first kappa shape index (κ1) is 16.0. The molecule has 1 atom stereocenters. The van der Waals surface area contributed by atoms with E-state index >= 15 is 0 Å². The minimum atomic E-state index is -0.316. The van der Waals surface area contributed by atoms with Gasteiger partial charge in [-0.1, -0.05) is 13.8 Å². The molecule has 0 aliphatic carbocycles. The van der Waals surface area contributed by atoms with Crippen LogP contribution in [0.25, 0.3) is 0 Å². The van der Waals surface area contributed by atoms with E-state index in [2.05, 4.69) is 24.5 Å². The zero-order valence-electron chi connectivity index (χ0n) is 12.9. The predicted octanol–water partition coefficient (Wildman–Crippen LogP) is 2.97. The molecule has 2 rings (SSSR count). The molecule has 1 saturated heterocycles. The molecule has 1 aromatic rings. The van der Waals surface area contributed by atoms with Gasteiger partial charge in [0.1, 0.15) is 5.82 Å². The summed E-state index contributed by atoms with van der Waals surface area (Å²) in [6.07, 6.45) is 3.18. The summed E-state index contributed by atoms with van der Waals surface area (Å²) in [6.45, 7) is 6.40. The Hall–Kier alpha value is -1.42. The van der Waals surface area contributed by atoms with Gasteiger partial charge in [0.2, 0.25) is 0 Å². The van der Waals surface area contributed by atoms with Crippen LogP contribution in [0.1, 0.15) is 43.5 Å². The third-order valence-corrected chi connectivity index (χ3v) is 4.10. The van der Waals surface area contributed by atoms with Crippen molar-refractivity contribution in [3.05, 3.63) is 35.6 Å². The zero-order chi connectivity index (χ0) is 15.2. The van der Waals surface area contributed by atoms with Crippen LogP contribution < -0.4 is 10.6 Å². The maximum absolute atomic E-state index is 12.9. The summed E-state index contributed by atoms with van der Waals surface area (Å²) in [7, 11) is 0. The minimum absolute atomic E-state index is 0.0980. The second-order valence-corrected chi connectivity index (χ2v) is 6.30. The van der Waals surface area contributed by atoms with Crippen LogP contribution in [0.5, 0.6) is 0 Å². The molecule has 1 amide bonds. The van der Waals surface area contributed by atoms with Gasteiger partial charge in [0, 0.05) is 11.6 Å². The number of carbonyl (C=O) groups is 1. The van der Waals surface area contributed by atoms with Crippen LogP contribution in [0, 0.1) is 17.7 Å². The fraction of sp³-hybridized carbons (Fsp3) is 0.588. The van der Waals surface area contributed by atoms with E-state index in [1.807, 2.05) is 0 Å². The highest BCUT2D eigenvalue weighted by molar-refractivity contribution is 5.94. The normalized spacial score (nSPS) is 17.7. The number of hydrogen-bond donors (Lipinski definition) is 2. The summed E-state index contributed by atoms with van der Waals surface area (Å²) >= 11 is 0. The number of carbonyl (C=O) groups excluding carboxylic acids is 1. The van der Waals surface area contributed by atoms with Crippen LogP contribution >= 0.6 is 0 Å². The van der Waals surface area contributed by atoms with E-state index in [1.165, 1.54) is 12.1 Å². The van der Waals surface area contributed by atoms with Crippen LogP contribution in [0.3, 0.4) is 0 Å². The van der Waals surface area contributed by atoms with Crippen LogP contribution in [0.2, 0.25) is 0 Å². The second kappa shape index (κ2) is 7.55. The lowest BCUT2D eigenvalue weighted by Gasteiger charge is -2.32. The molecular formula is C17H25FN2O. The van der Waals surface area contributed by atoms with Crippen molar-refractivity contribution >= 4 is 5.91 Å². The topological polar surface area (TPSA) is 41.1 Å².